The van der Waals surface area contributed by atoms with E-state index < -0.39 is 0 Å². The molecular weight excluding hydrogens is 218 g/mol. The first-order valence-electron chi connectivity index (χ1n) is 6.05. The molecule has 1 aromatic rings. The maximum atomic E-state index is 5.20. The first kappa shape index (κ1) is 12.1. The zero-order valence-corrected chi connectivity index (χ0v) is 10.8. The van der Waals surface area contributed by atoms with Gasteiger partial charge in [0.15, 0.2) is 0 Å². The van der Waals surface area contributed by atoms with Gasteiger partial charge in [-0.1, -0.05) is 6.42 Å². The van der Waals surface area contributed by atoms with Gasteiger partial charge in [0.1, 0.15) is 0 Å². The monoisotopic (exact) mass is 239 g/mol. The molecule has 0 bridgehead atoms. The molecule has 2 nitrogen and oxygen atoms in total. The molecule has 0 unspecified atom stereocenters. The van der Waals surface area contributed by atoms with Gasteiger partial charge in [-0.2, -0.15) is 11.3 Å². The van der Waals surface area contributed by atoms with Gasteiger partial charge < -0.3 is 10.1 Å². The summed E-state index contributed by atoms with van der Waals surface area (Å²) in [5.41, 5.74) is 1.94. The van der Waals surface area contributed by atoms with E-state index in [1.165, 1.54) is 31.2 Å². The lowest BCUT2D eigenvalue weighted by Crippen LogP contribution is -2.40. The lowest BCUT2D eigenvalue weighted by atomic mass is 9.67. The van der Waals surface area contributed by atoms with Crippen molar-refractivity contribution in [2.75, 3.05) is 20.3 Å². The summed E-state index contributed by atoms with van der Waals surface area (Å²) in [5, 5.41) is 7.95. The minimum atomic E-state index is 0.534. The molecule has 16 heavy (non-hydrogen) atoms. The van der Waals surface area contributed by atoms with E-state index in [1.807, 2.05) is 0 Å². The Labute approximate surface area is 102 Å². The van der Waals surface area contributed by atoms with Crippen molar-refractivity contribution >= 4 is 11.3 Å². The summed E-state index contributed by atoms with van der Waals surface area (Å²) in [6.45, 7) is 3.06. The molecule has 90 valence electrons. The average molecular weight is 239 g/mol. The van der Waals surface area contributed by atoms with E-state index in [1.54, 1.807) is 18.4 Å². The molecule has 0 radical (unpaired) electrons. The van der Waals surface area contributed by atoms with E-state index in [2.05, 4.69) is 22.1 Å². The van der Waals surface area contributed by atoms with Crippen LogP contribution in [-0.4, -0.2) is 20.3 Å². The van der Waals surface area contributed by atoms with Crippen molar-refractivity contribution in [1.82, 2.24) is 5.32 Å². The minimum absolute atomic E-state index is 0.534. The molecular formula is C13H21NOS. The summed E-state index contributed by atoms with van der Waals surface area (Å²) in [5.74, 6) is 0. The van der Waals surface area contributed by atoms with Gasteiger partial charge in [-0.05, 0) is 47.1 Å². The minimum Gasteiger partial charge on any atom is -0.385 e. The number of ether oxygens (including phenoxy) is 1. The van der Waals surface area contributed by atoms with E-state index in [9.17, 15) is 0 Å². The van der Waals surface area contributed by atoms with Crippen molar-refractivity contribution in [1.29, 1.82) is 0 Å². The van der Waals surface area contributed by atoms with Gasteiger partial charge >= 0.3 is 0 Å². The van der Waals surface area contributed by atoms with Crippen molar-refractivity contribution < 1.29 is 4.74 Å². The van der Waals surface area contributed by atoms with Gasteiger partial charge in [0, 0.05) is 26.8 Å². The van der Waals surface area contributed by atoms with Crippen LogP contribution in [0.3, 0.4) is 0 Å². The summed E-state index contributed by atoms with van der Waals surface area (Å²) < 4.78 is 5.20. The fourth-order valence-corrected chi connectivity index (χ4v) is 3.04. The zero-order chi connectivity index (χ0) is 11.3. The normalized spacial score (nSPS) is 18.3. The highest BCUT2D eigenvalue weighted by molar-refractivity contribution is 7.07. The number of nitrogens with one attached hydrogen (secondary N) is 1. The Hall–Kier alpha value is -0.380. The van der Waals surface area contributed by atoms with Crippen LogP contribution in [0, 0.1) is 5.41 Å². The fraction of sp³-hybridized carbons (Fsp3) is 0.692. The lowest BCUT2D eigenvalue weighted by Gasteiger charge is -2.42. The largest absolute Gasteiger partial charge is 0.385 e. The number of hydrogen-bond acceptors (Lipinski definition) is 3. The summed E-state index contributed by atoms with van der Waals surface area (Å²) in [7, 11) is 1.80. The molecule has 0 aromatic carbocycles. The van der Waals surface area contributed by atoms with Crippen molar-refractivity contribution in [3.63, 3.8) is 0 Å². The zero-order valence-electron chi connectivity index (χ0n) is 10.00. The molecule has 2 rings (SSSR count). The first-order chi connectivity index (χ1) is 7.85. The van der Waals surface area contributed by atoms with Crippen molar-refractivity contribution in [2.45, 2.75) is 32.2 Å². The predicted octanol–water partition coefficient (Wildman–Crippen LogP) is 3.04. The van der Waals surface area contributed by atoms with Crippen LogP contribution < -0.4 is 5.32 Å². The molecule has 0 atom stereocenters. The van der Waals surface area contributed by atoms with Gasteiger partial charge in [-0.15, -0.1) is 0 Å². The van der Waals surface area contributed by atoms with E-state index in [-0.39, 0.29) is 0 Å². The molecule has 1 heterocycles. The van der Waals surface area contributed by atoms with Crippen LogP contribution in [0.1, 0.15) is 31.2 Å². The average Bonchev–Trinajstić information content (AvgIpc) is 2.73. The number of thiophene rings is 1. The summed E-state index contributed by atoms with van der Waals surface area (Å²) in [6, 6.07) is 2.19. The Morgan fingerprint density at radius 3 is 2.94 bits per heavy atom. The van der Waals surface area contributed by atoms with Gasteiger partial charge in [0.25, 0.3) is 0 Å². The van der Waals surface area contributed by atoms with E-state index in [0.29, 0.717) is 5.41 Å². The maximum absolute atomic E-state index is 5.20. The molecule has 1 fully saturated rings. The molecule has 1 aliphatic carbocycles. The highest BCUT2D eigenvalue weighted by Gasteiger charge is 2.35. The van der Waals surface area contributed by atoms with Crippen molar-refractivity contribution in [3.05, 3.63) is 22.4 Å². The maximum Gasteiger partial charge on any atom is 0.0468 e. The summed E-state index contributed by atoms with van der Waals surface area (Å²) in [6.07, 6.45) is 5.34. The smallest absolute Gasteiger partial charge is 0.0468 e. The standard InChI is InChI=1S/C13H21NOS/c1-15-7-6-13(4-2-5-13)11-14-9-12-3-8-16-10-12/h3,8,10,14H,2,4-7,9,11H2,1H3. The highest BCUT2D eigenvalue weighted by atomic mass is 32.1. The SMILES string of the molecule is COCCC1(CNCc2ccsc2)CCC1. The van der Waals surface area contributed by atoms with Crippen LogP contribution in [0.2, 0.25) is 0 Å². The molecule has 0 spiro atoms. The Bertz CT molecular complexity index is 293. The van der Waals surface area contributed by atoms with Crippen LogP contribution in [-0.2, 0) is 11.3 Å². The summed E-state index contributed by atoms with van der Waals surface area (Å²) in [4.78, 5) is 0. The van der Waals surface area contributed by atoms with E-state index in [4.69, 9.17) is 4.74 Å². The molecule has 3 heteroatoms. The van der Waals surface area contributed by atoms with Gasteiger partial charge in [-0.25, -0.2) is 0 Å². The highest BCUT2D eigenvalue weighted by Crippen LogP contribution is 2.43. The van der Waals surface area contributed by atoms with Crippen LogP contribution in [0.5, 0.6) is 0 Å². The molecule has 1 saturated carbocycles. The Morgan fingerprint density at radius 2 is 2.38 bits per heavy atom. The van der Waals surface area contributed by atoms with E-state index >= 15 is 0 Å². The first-order valence-corrected chi connectivity index (χ1v) is 7.00. The second kappa shape index (κ2) is 5.80. The molecule has 0 amide bonds. The molecule has 1 aromatic heterocycles. The number of methoxy groups -OCH3 is 1. The van der Waals surface area contributed by atoms with Crippen LogP contribution >= 0.6 is 11.3 Å². The topological polar surface area (TPSA) is 21.3 Å². The third-order valence-corrected chi connectivity index (χ3v) is 4.39. The second-order valence-electron chi connectivity index (χ2n) is 4.83. The molecule has 0 saturated heterocycles. The molecule has 1 aliphatic rings. The Balaban J connectivity index is 1.70. The second-order valence-corrected chi connectivity index (χ2v) is 5.61. The van der Waals surface area contributed by atoms with Crippen LogP contribution in [0.25, 0.3) is 0 Å². The molecule has 1 N–H and O–H groups in total. The third kappa shape index (κ3) is 3.06. The number of hydrogen-bond donors (Lipinski definition) is 1. The predicted molar refractivity (Wildman–Crippen MR) is 68.8 cm³/mol. The number of rotatable bonds is 7. The van der Waals surface area contributed by atoms with Crippen molar-refractivity contribution in [3.8, 4) is 0 Å². The lowest BCUT2D eigenvalue weighted by molar-refractivity contribution is 0.0689. The van der Waals surface area contributed by atoms with Gasteiger partial charge in [0.2, 0.25) is 0 Å². The van der Waals surface area contributed by atoms with Gasteiger partial charge in [0.05, 0.1) is 0 Å². The summed E-state index contributed by atoms with van der Waals surface area (Å²) >= 11 is 1.77. The molecule has 0 aliphatic heterocycles. The fourth-order valence-electron chi connectivity index (χ4n) is 2.38. The third-order valence-electron chi connectivity index (χ3n) is 3.66. The quantitative estimate of drug-likeness (QED) is 0.789. The Kier molecular flexibility index (Phi) is 4.38. The van der Waals surface area contributed by atoms with Gasteiger partial charge in [-0.3, -0.25) is 0 Å². The van der Waals surface area contributed by atoms with Crippen LogP contribution in [0.15, 0.2) is 16.8 Å². The Morgan fingerprint density at radius 1 is 1.50 bits per heavy atom. The van der Waals surface area contributed by atoms with Crippen molar-refractivity contribution in [2.24, 2.45) is 5.41 Å². The van der Waals surface area contributed by atoms with Crippen LogP contribution in [0.4, 0.5) is 0 Å². The van der Waals surface area contributed by atoms with E-state index in [0.717, 1.165) is 19.7 Å².